The zero-order valence-corrected chi connectivity index (χ0v) is 20.5. The van der Waals surface area contributed by atoms with Gasteiger partial charge in [0.1, 0.15) is 18.0 Å². The number of hydrogen-bond donors (Lipinski definition) is 0. The minimum absolute atomic E-state index is 0.169. The lowest BCUT2D eigenvalue weighted by atomic mass is 9.49. The predicted molar refractivity (Wildman–Crippen MR) is 137 cm³/mol. The van der Waals surface area contributed by atoms with Gasteiger partial charge in [-0.2, -0.15) is 0 Å². The van der Waals surface area contributed by atoms with Gasteiger partial charge >= 0.3 is 0 Å². The fraction of sp³-hybridized carbons (Fsp3) is 0.400. The first-order valence-electron chi connectivity index (χ1n) is 13.0. The lowest BCUT2D eigenvalue weighted by molar-refractivity contribution is -0.00944. The molecule has 0 saturated heterocycles. The zero-order chi connectivity index (χ0) is 23.6. The lowest BCUT2D eigenvalue weighted by Crippen LogP contribution is -2.49. The van der Waals surface area contributed by atoms with Gasteiger partial charge in [-0.25, -0.2) is 19.9 Å². The molecule has 176 valence electrons. The Bertz CT molecular complexity index is 1360. The second-order valence-corrected chi connectivity index (χ2v) is 11.3. The summed E-state index contributed by atoms with van der Waals surface area (Å²) in [4.78, 5) is 19.2. The second-order valence-electron chi connectivity index (χ2n) is 11.3. The van der Waals surface area contributed by atoms with Gasteiger partial charge < -0.3 is 0 Å². The molecule has 4 bridgehead atoms. The van der Waals surface area contributed by atoms with Crippen LogP contribution in [-0.2, 0) is 5.41 Å². The quantitative estimate of drug-likeness (QED) is 0.349. The van der Waals surface area contributed by atoms with Crippen molar-refractivity contribution in [2.45, 2.75) is 57.8 Å². The first-order chi connectivity index (χ1) is 17.1. The Morgan fingerprint density at radius 2 is 1.46 bits per heavy atom. The van der Waals surface area contributed by atoms with Gasteiger partial charge in [-0.05, 0) is 87.3 Å². The van der Waals surface area contributed by atoms with Gasteiger partial charge in [0.2, 0.25) is 0 Å². The van der Waals surface area contributed by atoms with Gasteiger partial charge in [0.05, 0.1) is 5.69 Å². The minimum Gasteiger partial charge on any atom is -0.299 e. The Hall–Kier alpha value is -3.34. The van der Waals surface area contributed by atoms with Crippen LogP contribution in [0, 0.1) is 31.6 Å². The summed E-state index contributed by atoms with van der Waals surface area (Å²) in [6.07, 6.45) is 13.7. The highest BCUT2D eigenvalue weighted by Crippen LogP contribution is 2.60. The second kappa shape index (κ2) is 7.84. The van der Waals surface area contributed by atoms with Gasteiger partial charge in [-0.1, -0.05) is 36.4 Å². The molecule has 35 heavy (non-hydrogen) atoms. The van der Waals surface area contributed by atoms with Crippen LogP contribution in [0.4, 0.5) is 0 Å². The first kappa shape index (κ1) is 21.0. The molecule has 4 aliphatic rings. The highest BCUT2D eigenvalue weighted by atomic mass is 15.1. The largest absolute Gasteiger partial charge is 0.299 e. The van der Waals surface area contributed by atoms with Crippen molar-refractivity contribution >= 4 is 0 Å². The van der Waals surface area contributed by atoms with E-state index in [-0.39, 0.29) is 5.41 Å². The molecule has 2 heterocycles. The van der Waals surface area contributed by atoms with Crippen LogP contribution in [0.2, 0.25) is 0 Å². The third kappa shape index (κ3) is 3.43. The van der Waals surface area contributed by atoms with Crippen LogP contribution in [0.25, 0.3) is 28.5 Å². The van der Waals surface area contributed by atoms with Gasteiger partial charge in [0.25, 0.3) is 0 Å². The van der Waals surface area contributed by atoms with E-state index in [0.717, 1.165) is 46.4 Å². The van der Waals surface area contributed by atoms with Crippen LogP contribution >= 0.6 is 0 Å². The van der Waals surface area contributed by atoms with E-state index in [9.17, 15) is 0 Å². The molecule has 2 aromatic heterocycles. The maximum atomic E-state index is 5.11. The Morgan fingerprint density at radius 1 is 0.800 bits per heavy atom. The number of benzene rings is 2. The SMILES string of the molecule is Cc1cccc(C)c1-n1ccnc1-c1cccc(-c2ncnc(C34CC5CC(CC(C5)C3)C4)n2)c1. The van der Waals surface area contributed by atoms with E-state index in [1.54, 1.807) is 6.33 Å². The monoisotopic (exact) mass is 461 g/mol. The van der Waals surface area contributed by atoms with Crippen molar-refractivity contribution in [3.63, 3.8) is 0 Å². The van der Waals surface area contributed by atoms with Crippen molar-refractivity contribution in [3.05, 3.63) is 78.1 Å². The number of aryl methyl sites for hydroxylation is 2. The van der Waals surface area contributed by atoms with Crippen molar-refractivity contribution < 1.29 is 0 Å². The Balaban J connectivity index is 1.26. The summed E-state index contributed by atoms with van der Waals surface area (Å²) >= 11 is 0. The Kier molecular flexibility index (Phi) is 4.70. The number of aromatic nitrogens is 5. The summed E-state index contributed by atoms with van der Waals surface area (Å²) in [5.74, 6) is 5.34. The molecule has 0 unspecified atom stereocenters. The van der Waals surface area contributed by atoms with Crippen LogP contribution in [-0.4, -0.2) is 24.5 Å². The van der Waals surface area contributed by atoms with E-state index in [1.165, 1.54) is 55.3 Å². The molecule has 0 N–H and O–H groups in total. The lowest BCUT2D eigenvalue weighted by Gasteiger charge is -2.55. The Labute approximate surface area is 206 Å². The van der Waals surface area contributed by atoms with Crippen LogP contribution in [0.5, 0.6) is 0 Å². The summed E-state index contributed by atoms with van der Waals surface area (Å²) in [5, 5.41) is 0. The molecule has 0 atom stereocenters. The summed E-state index contributed by atoms with van der Waals surface area (Å²) in [6, 6.07) is 14.9. The van der Waals surface area contributed by atoms with Crippen molar-refractivity contribution in [3.8, 4) is 28.5 Å². The van der Waals surface area contributed by atoms with E-state index in [0.29, 0.717) is 0 Å². The summed E-state index contributed by atoms with van der Waals surface area (Å²) in [6.45, 7) is 4.30. The summed E-state index contributed by atoms with van der Waals surface area (Å²) < 4.78 is 2.19. The van der Waals surface area contributed by atoms with Crippen molar-refractivity contribution in [2.75, 3.05) is 0 Å². The summed E-state index contributed by atoms with van der Waals surface area (Å²) in [7, 11) is 0. The van der Waals surface area contributed by atoms with Gasteiger partial charge in [0.15, 0.2) is 5.82 Å². The molecule has 8 rings (SSSR count). The van der Waals surface area contributed by atoms with E-state index < -0.39 is 0 Å². The van der Waals surface area contributed by atoms with Gasteiger partial charge in [0, 0.05) is 28.9 Å². The number of hydrogen-bond acceptors (Lipinski definition) is 4. The fourth-order valence-corrected chi connectivity index (χ4v) is 7.76. The standard InChI is InChI=1S/C30H31N5/c1-19-5-3-6-20(2)26(19)35-10-9-31-28(35)25-8-4-7-24(14-25)27-32-18-33-29(34-27)30-15-21-11-22(16-30)13-23(12-21)17-30/h3-10,14,18,21-23H,11-13,15-17H2,1-2H3. The highest BCUT2D eigenvalue weighted by molar-refractivity contribution is 5.68. The molecule has 0 aliphatic heterocycles. The van der Waals surface area contributed by atoms with Crippen molar-refractivity contribution in [1.82, 2.24) is 24.5 Å². The number of imidazole rings is 1. The van der Waals surface area contributed by atoms with Crippen molar-refractivity contribution in [2.24, 2.45) is 17.8 Å². The molecule has 0 spiro atoms. The molecule has 5 nitrogen and oxygen atoms in total. The third-order valence-corrected chi connectivity index (χ3v) is 8.78. The number of rotatable bonds is 4. The van der Waals surface area contributed by atoms with Crippen LogP contribution in [0.15, 0.2) is 61.2 Å². The molecule has 4 aliphatic carbocycles. The highest BCUT2D eigenvalue weighted by Gasteiger charge is 2.53. The van der Waals surface area contributed by atoms with Crippen LogP contribution < -0.4 is 0 Å². The molecule has 0 radical (unpaired) electrons. The molecular formula is C30H31N5. The normalized spacial score (nSPS) is 26.9. The van der Waals surface area contributed by atoms with E-state index in [1.807, 2.05) is 12.4 Å². The molecule has 0 amide bonds. The fourth-order valence-electron chi connectivity index (χ4n) is 7.76. The minimum atomic E-state index is 0.169. The van der Waals surface area contributed by atoms with E-state index >= 15 is 0 Å². The van der Waals surface area contributed by atoms with E-state index in [4.69, 9.17) is 15.0 Å². The van der Waals surface area contributed by atoms with Gasteiger partial charge in [-0.15, -0.1) is 0 Å². The Morgan fingerprint density at radius 3 is 2.17 bits per heavy atom. The predicted octanol–water partition coefficient (Wildman–Crippen LogP) is 6.48. The molecular weight excluding hydrogens is 430 g/mol. The van der Waals surface area contributed by atoms with Crippen LogP contribution in [0.3, 0.4) is 0 Å². The summed E-state index contributed by atoms with van der Waals surface area (Å²) in [5.41, 5.74) is 5.91. The zero-order valence-electron chi connectivity index (χ0n) is 20.5. The number of para-hydroxylation sites is 1. The molecule has 5 heteroatoms. The van der Waals surface area contributed by atoms with Gasteiger partial charge in [-0.3, -0.25) is 4.57 Å². The van der Waals surface area contributed by atoms with Crippen LogP contribution in [0.1, 0.15) is 55.5 Å². The average Bonchev–Trinajstić information content (AvgIpc) is 3.33. The van der Waals surface area contributed by atoms with Crippen molar-refractivity contribution in [1.29, 1.82) is 0 Å². The number of nitrogens with zero attached hydrogens (tertiary/aromatic N) is 5. The molecule has 2 aromatic carbocycles. The smallest absolute Gasteiger partial charge is 0.163 e. The maximum Gasteiger partial charge on any atom is 0.163 e. The average molecular weight is 462 g/mol. The molecule has 4 fully saturated rings. The topological polar surface area (TPSA) is 56.5 Å². The van der Waals surface area contributed by atoms with E-state index in [2.05, 4.69) is 65.9 Å². The first-order valence-corrected chi connectivity index (χ1v) is 13.0. The molecule has 4 aromatic rings. The third-order valence-electron chi connectivity index (χ3n) is 8.78. The maximum absolute atomic E-state index is 5.11. The molecule has 4 saturated carbocycles.